The molecule has 5 heteroatoms. The second-order valence-corrected chi connectivity index (χ2v) is 6.66. The molecule has 1 amide bonds. The van der Waals surface area contributed by atoms with Gasteiger partial charge in [-0.1, -0.05) is 12.1 Å². The van der Waals surface area contributed by atoms with Crippen LogP contribution < -0.4 is 0 Å². The van der Waals surface area contributed by atoms with Crippen molar-refractivity contribution in [2.45, 2.75) is 39.8 Å². The number of fused-ring (bicyclic) bond motifs is 1. The van der Waals surface area contributed by atoms with Crippen LogP contribution in [0.3, 0.4) is 0 Å². The van der Waals surface area contributed by atoms with Gasteiger partial charge in [0.25, 0.3) is 0 Å². The Hall–Kier alpha value is -1.88. The Morgan fingerprint density at radius 1 is 1.25 bits per heavy atom. The Morgan fingerprint density at radius 2 is 1.96 bits per heavy atom. The van der Waals surface area contributed by atoms with Crippen LogP contribution in [0, 0.1) is 5.92 Å². The van der Waals surface area contributed by atoms with E-state index in [4.69, 9.17) is 4.98 Å². The molecule has 1 aliphatic rings. The molecule has 130 valence electrons. The number of aromatic nitrogens is 2. The molecule has 1 aliphatic heterocycles. The fraction of sp³-hybridized carbons (Fsp3) is 0.579. The lowest BCUT2D eigenvalue weighted by Gasteiger charge is -2.32. The fourth-order valence-corrected chi connectivity index (χ4v) is 3.60. The maximum atomic E-state index is 12.3. The summed E-state index contributed by atoms with van der Waals surface area (Å²) in [4.78, 5) is 21.4. The van der Waals surface area contributed by atoms with Gasteiger partial charge in [0.1, 0.15) is 5.82 Å². The van der Waals surface area contributed by atoms with E-state index in [1.807, 2.05) is 24.9 Å². The van der Waals surface area contributed by atoms with Gasteiger partial charge in [-0.25, -0.2) is 4.98 Å². The van der Waals surface area contributed by atoms with Crippen LogP contribution in [0.25, 0.3) is 11.0 Å². The monoisotopic (exact) mass is 328 g/mol. The standard InChI is InChI=1S/C19H28N4O/c1-4-21(3)19(24)15-10-12-22(13-11-15)14-18-20-16-8-6-7-9-17(16)23(18)5-2/h6-9,15H,4-5,10-14H2,1-3H3. The Kier molecular flexibility index (Phi) is 5.19. The normalized spacial score (nSPS) is 16.6. The molecule has 0 N–H and O–H groups in total. The molecule has 3 rings (SSSR count). The van der Waals surface area contributed by atoms with E-state index in [1.165, 1.54) is 5.52 Å². The van der Waals surface area contributed by atoms with E-state index in [2.05, 4.69) is 34.6 Å². The van der Waals surface area contributed by atoms with E-state index in [-0.39, 0.29) is 5.92 Å². The van der Waals surface area contributed by atoms with Crippen molar-refractivity contribution in [1.82, 2.24) is 19.4 Å². The molecule has 0 spiro atoms. The van der Waals surface area contributed by atoms with E-state index in [9.17, 15) is 4.79 Å². The number of carbonyl (C=O) groups is 1. The smallest absolute Gasteiger partial charge is 0.225 e. The first-order valence-electron chi connectivity index (χ1n) is 9.05. The molecular formula is C19H28N4O. The molecule has 1 saturated heterocycles. The van der Waals surface area contributed by atoms with Crippen molar-refractivity contribution in [1.29, 1.82) is 0 Å². The Morgan fingerprint density at radius 3 is 2.62 bits per heavy atom. The first-order valence-corrected chi connectivity index (χ1v) is 9.05. The SMILES string of the molecule is CCN(C)C(=O)C1CCN(Cc2nc3ccccc3n2CC)CC1. The van der Waals surface area contributed by atoms with E-state index in [0.717, 1.165) is 56.9 Å². The molecule has 0 bridgehead atoms. The van der Waals surface area contributed by atoms with Crippen molar-refractivity contribution in [2.75, 3.05) is 26.7 Å². The van der Waals surface area contributed by atoms with Crippen LogP contribution in [-0.2, 0) is 17.9 Å². The Bertz CT molecular complexity index is 700. The second-order valence-electron chi connectivity index (χ2n) is 6.66. The minimum absolute atomic E-state index is 0.191. The zero-order valence-electron chi connectivity index (χ0n) is 15.0. The average molecular weight is 328 g/mol. The molecule has 5 nitrogen and oxygen atoms in total. The number of piperidine rings is 1. The van der Waals surface area contributed by atoms with E-state index < -0.39 is 0 Å². The van der Waals surface area contributed by atoms with Crippen molar-refractivity contribution in [3.05, 3.63) is 30.1 Å². The van der Waals surface area contributed by atoms with Gasteiger partial charge in [-0.3, -0.25) is 9.69 Å². The topological polar surface area (TPSA) is 41.4 Å². The lowest BCUT2D eigenvalue weighted by Crippen LogP contribution is -2.41. The summed E-state index contributed by atoms with van der Waals surface area (Å²) in [7, 11) is 1.90. The summed E-state index contributed by atoms with van der Waals surface area (Å²) < 4.78 is 2.30. The highest BCUT2D eigenvalue weighted by Crippen LogP contribution is 2.22. The molecule has 0 saturated carbocycles. The van der Waals surface area contributed by atoms with E-state index in [0.29, 0.717) is 5.91 Å². The van der Waals surface area contributed by atoms with Gasteiger partial charge < -0.3 is 9.47 Å². The summed E-state index contributed by atoms with van der Waals surface area (Å²) in [6.45, 7) is 8.74. The maximum Gasteiger partial charge on any atom is 0.225 e. The number of para-hydroxylation sites is 2. The number of amides is 1. The molecule has 1 fully saturated rings. The van der Waals surface area contributed by atoms with Crippen LogP contribution in [0.2, 0.25) is 0 Å². The zero-order valence-corrected chi connectivity index (χ0v) is 15.0. The number of carbonyl (C=O) groups excluding carboxylic acids is 1. The Balaban J connectivity index is 1.65. The summed E-state index contributed by atoms with van der Waals surface area (Å²) in [6, 6.07) is 8.33. The maximum absolute atomic E-state index is 12.3. The van der Waals surface area contributed by atoms with Crippen LogP contribution in [-0.4, -0.2) is 51.9 Å². The van der Waals surface area contributed by atoms with Crippen molar-refractivity contribution in [2.24, 2.45) is 5.92 Å². The van der Waals surface area contributed by atoms with Gasteiger partial charge >= 0.3 is 0 Å². The molecule has 1 aromatic heterocycles. The highest BCUT2D eigenvalue weighted by atomic mass is 16.2. The highest BCUT2D eigenvalue weighted by molar-refractivity contribution is 5.78. The van der Waals surface area contributed by atoms with Crippen molar-refractivity contribution in [3.63, 3.8) is 0 Å². The first-order chi connectivity index (χ1) is 11.6. The fourth-order valence-electron chi connectivity index (χ4n) is 3.60. The predicted molar refractivity (Wildman–Crippen MR) is 96.7 cm³/mol. The summed E-state index contributed by atoms with van der Waals surface area (Å²) in [5.41, 5.74) is 2.29. The van der Waals surface area contributed by atoms with Crippen LogP contribution in [0.15, 0.2) is 24.3 Å². The van der Waals surface area contributed by atoms with Gasteiger partial charge in [-0.2, -0.15) is 0 Å². The van der Waals surface area contributed by atoms with E-state index >= 15 is 0 Å². The third kappa shape index (κ3) is 3.31. The number of aryl methyl sites for hydroxylation is 1. The number of rotatable bonds is 5. The molecule has 1 aromatic carbocycles. The van der Waals surface area contributed by atoms with Gasteiger partial charge in [0, 0.05) is 26.1 Å². The first kappa shape index (κ1) is 17.0. The highest BCUT2D eigenvalue weighted by Gasteiger charge is 2.27. The number of likely N-dealkylation sites (tertiary alicyclic amines) is 1. The van der Waals surface area contributed by atoms with E-state index in [1.54, 1.807) is 0 Å². The van der Waals surface area contributed by atoms with Gasteiger partial charge in [0.15, 0.2) is 0 Å². The van der Waals surface area contributed by atoms with Gasteiger partial charge in [-0.05, 0) is 51.9 Å². The summed E-state index contributed by atoms with van der Waals surface area (Å²) in [6.07, 6.45) is 1.91. The molecule has 2 aromatic rings. The summed E-state index contributed by atoms with van der Waals surface area (Å²) >= 11 is 0. The van der Waals surface area contributed by atoms with Crippen LogP contribution in [0.4, 0.5) is 0 Å². The van der Waals surface area contributed by atoms with Crippen molar-refractivity contribution < 1.29 is 4.79 Å². The van der Waals surface area contributed by atoms with Gasteiger partial charge in [-0.15, -0.1) is 0 Å². The minimum Gasteiger partial charge on any atom is -0.346 e. The number of imidazole rings is 1. The van der Waals surface area contributed by atoms with Crippen LogP contribution in [0.1, 0.15) is 32.5 Å². The lowest BCUT2D eigenvalue weighted by atomic mass is 9.95. The third-order valence-corrected chi connectivity index (χ3v) is 5.20. The second kappa shape index (κ2) is 7.34. The van der Waals surface area contributed by atoms with Gasteiger partial charge in [0.2, 0.25) is 5.91 Å². The average Bonchev–Trinajstić information content (AvgIpc) is 2.98. The largest absolute Gasteiger partial charge is 0.346 e. The van der Waals surface area contributed by atoms with Gasteiger partial charge in [0.05, 0.1) is 17.6 Å². The molecule has 0 atom stereocenters. The minimum atomic E-state index is 0.191. The number of benzene rings is 1. The molecule has 0 radical (unpaired) electrons. The summed E-state index contributed by atoms with van der Waals surface area (Å²) in [5.74, 6) is 1.63. The third-order valence-electron chi connectivity index (χ3n) is 5.20. The number of hydrogen-bond donors (Lipinski definition) is 0. The zero-order chi connectivity index (χ0) is 17.1. The Labute approximate surface area is 144 Å². The predicted octanol–water partition coefficient (Wildman–Crippen LogP) is 2.75. The molecule has 0 aliphatic carbocycles. The number of nitrogens with zero attached hydrogens (tertiary/aromatic N) is 4. The number of hydrogen-bond acceptors (Lipinski definition) is 3. The molecule has 2 heterocycles. The lowest BCUT2D eigenvalue weighted by molar-refractivity contribution is -0.135. The van der Waals surface area contributed by atoms with Crippen molar-refractivity contribution in [3.8, 4) is 0 Å². The molecule has 0 unspecified atom stereocenters. The summed E-state index contributed by atoms with van der Waals surface area (Å²) in [5, 5.41) is 0. The molecular weight excluding hydrogens is 300 g/mol. The van der Waals surface area contributed by atoms with Crippen LogP contribution in [0.5, 0.6) is 0 Å². The quantitative estimate of drug-likeness (QED) is 0.847. The molecule has 24 heavy (non-hydrogen) atoms. The van der Waals surface area contributed by atoms with Crippen molar-refractivity contribution >= 4 is 16.9 Å². The van der Waals surface area contributed by atoms with Crippen LogP contribution >= 0.6 is 0 Å².